The van der Waals surface area contributed by atoms with Crippen molar-refractivity contribution in [2.45, 2.75) is 19.4 Å². The Labute approximate surface area is 121 Å². The molecule has 0 saturated carbocycles. The Kier molecular flexibility index (Phi) is 6.12. The Morgan fingerprint density at radius 3 is 2.67 bits per heavy atom. The van der Waals surface area contributed by atoms with Gasteiger partial charge in [-0.2, -0.15) is 0 Å². The summed E-state index contributed by atoms with van der Waals surface area (Å²) in [5.74, 6) is -0.615. The SMILES string of the molecule is CNC(=O)CCNC(=O)C(C)Oc1ccccc1[N+](=O)[O-]. The summed E-state index contributed by atoms with van der Waals surface area (Å²) >= 11 is 0. The van der Waals surface area contributed by atoms with Crippen molar-refractivity contribution in [1.29, 1.82) is 0 Å². The van der Waals surface area contributed by atoms with Crippen LogP contribution in [-0.2, 0) is 9.59 Å². The van der Waals surface area contributed by atoms with E-state index in [1.807, 2.05) is 0 Å². The molecule has 0 bridgehead atoms. The van der Waals surface area contributed by atoms with Gasteiger partial charge in [-0.15, -0.1) is 0 Å². The van der Waals surface area contributed by atoms with Crippen molar-refractivity contribution < 1.29 is 19.2 Å². The zero-order valence-electron chi connectivity index (χ0n) is 11.8. The lowest BCUT2D eigenvalue weighted by atomic mass is 10.3. The van der Waals surface area contributed by atoms with Gasteiger partial charge in [0, 0.05) is 26.1 Å². The first kappa shape index (κ1) is 16.4. The molecule has 0 aliphatic heterocycles. The monoisotopic (exact) mass is 295 g/mol. The number of hydrogen-bond donors (Lipinski definition) is 2. The van der Waals surface area contributed by atoms with Gasteiger partial charge in [-0.3, -0.25) is 19.7 Å². The van der Waals surface area contributed by atoms with Crippen LogP contribution in [0, 0.1) is 10.1 Å². The van der Waals surface area contributed by atoms with Gasteiger partial charge in [0.15, 0.2) is 11.9 Å². The molecule has 1 atom stereocenters. The molecule has 0 fully saturated rings. The number of nitrogens with one attached hydrogen (secondary N) is 2. The molecule has 114 valence electrons. The summed E-state index contributed by atoms with van der Waals surface area (Å²) in [5.41, 5.74) is -0.206. The van der Waals surface area contributed by atoms with Gasteiger partial charge in [0.2, 0.25) is 5.91 Å². The summed E-state index contributed by atoms with van der Waals surface area (Å²) in [6, 6.07) is 5.82. The largest absolute Gasteiger partial charge is 0.474 e. The Bertz CT molecular complexity index is 532. The summed E-state index contributed by atoms with van der Waals surface area (Å²) in [4.78, 5) is 33.0. The summed E-state index contributed by atoms with van der Waals surface area (Å²) in [6.45, 7) is 1.65. The fourth-order valence-corrected chi connectivity index (χ4v) is 1.52. The fraction of sp³-hybridized carbons (Fsp3) is 0.385. The van der Waals surface area contributed by atoms with E-state index in [1.54, 1.807) is 6.07 Å². The summed E-state index contributed by atoms with van der Waals surface area (Å²) < 4.78 is 5.30. The summed E-state index contributed by atoms with van der Waals surface area (Å²) in [5, 5.41) is 15.8. The summed E-state index contributed by atoms with van der Waals surface area (Å²) in [6.07, 6.45) is -0.753. The Balaban J connectivity index is 2.56. The second kappa shape index (κ2) is 7.83. The van der Waals surface area contributed by atoms with Gasteiger partial charge in [-0.1, -0.05) is 12.1 Å². The molecular weight excluding hydrogens is 278 g/mol. The lowest BCUT2D eigenvalue weighted by Gasteiger charge is -2.14. The van der Waals surface area contributed by atoms with E-state index >= 15 is 0 Å². The zero-order valence-corrected chi connectivity index (χ0v) is 11.8. The molecule has 8 nitrogen and oxygen atoms in total. The van der Waals surface area contributed by atoms with Gasteiger partial charge in [0.25, 0.3) is 5.91 Å². The third-order valence-electron chi connectivity index (χ3n) is 2.67. The standard InChI is InChI=1S/C13H17N3O5/c1-9(13(18)15-8-7-12(17)14-2)21-11-6-4-3-5-10(11)16(19)20/h3-6,9H,7-8H2,1-2H3,(H,14,17)(H,15,18). The van der Waals surface area contributed by atoms with Crippen molar-refractivity contribution in [3.63, 3.8) is 0 Å². The van der Waals surface area contributed by atoms with Gasteiger partial charge in [0.1, 0.15) is 0 Å². The molecule has 0 aliphatic rings. The molecule has 21 heavy (non-hydrogen) atoms. The number of hydrogen-bond acceptors (Lipinski definition) is 5. The van der Waals surface area contributed by atoms with Crippen LogP contribution >= 0.6 is 0 Å². The summed E-state index contributed by atoms with van der Waals surface area (Å²) in [7, 11) is 1.50. The minimum absolute atomic E-state index is 0.0245. The number of nitrogens with zero attached hydrogens (tertiary/aromatic N) is 1. The molecule has 0 spiro atoms. The van der Waals surface area contributed by atoms with Crippen LogP contribution in [-0.4, -0.2) is 36.4 Å². The van der Waals surface area contributed by atoms with Gasteiger partial charge in [0.05, 0.1) is 4.92 Å². The van der Waals surface area contributed by atoms with E-state index in [0.717, 1.165) is 0 Å². The maximum atomic E-state index is 11.8. The van der Waals surface area contributed by atoms with Crippen molar-refractivity contribution in [3.05, 3.63) is 34.4 Å². The van der Waals surface area contributed by atoms with Crippen LogP contribution < -0.4 is 15.4 Å². The van der Waals surface area contributed by atoms with E-state index in [-0.39, 0.29) is 30.3 Å². The van der Waals surface area contributed by atoms with Crippen LogP contribution in [0.1, 0.15) is 13.3 Å². The van der Waals surface area contributed by atoms with Crippen LogP contribution in [0.2, 0.25) is 0 Å². The lowest BCUT2D eigenvalue weighted by molar-refractivity contribution is -0.386. The highest BCUT2D eigenvalue weighted by Gasteiger charge is 2.20. The van der Waals surface area contributed by atoms with Crippen LogP contribution in [0.4, 0.5) is 5.69 Å². The number of rotatable bonds is 7. The van der Waals surface area contributed by atoms with Gasteiger partial charge in [-0.05, 0) is 13.0 Å². The molecular formula is C13H17N3O5. The molecule has 0 heterocycles. The molecule has 1 aromatic carbocycles. The molecule has 0 aliphatic carbocycles. The molecule has 1 unspecified atom stereocenters. The number of ether oxygens (including phenoxy) is 1. The van der Waals surface area contributed by atoms with Gasteiger partial charge in [-0.25, -0.2) is 0 Å². The second-order valence-corrected chi connectivity index (χ2v) is 4.20. The van der Waals surface area contributed by atoms with E-state index < -0.39 is 16.9 Å². The third kappa shape index (κ3) is 5.09. The number of nitro benzene ring substituents is 1. The Morgan fingerprint density at radius 1 is 1.38 bits per heavy atom. The first-order valence-corrected chi connectivity index (χ1v) is 6.34. The van der Waals surface area contributed by atoms with Crippen molar-refractivity contribution in [1.82, 2.24) is 10.6 Å². The molecule has 0 aromatic heterocycles. The Morgan fingerprint density at radius 2 is 2.05 bits per heavy atom. The molecule has 2 N–H and O–H groups in total. The van der Waals surface area contributed by atoms with E-state index in [2.05, 4.69) is 10.6 Å². The highest BCUT2D eigenvalue weighted by Crippen LogP contribution is 2.26. The van der Waals surface area contributed by atoms with Gasteiger partial charge >= 0.3 is 5.69 Å². The molecule has 1 rings (SSSR count). The molecule has 1 aromatic rings. The maximum absolute atomic E-state index is 11.8. The molecule has 0 radical (unpaired) electrons. The quantitative estimate of drug-likeness (QED) is 0.565. The first-order valence-electron chi connectivity index (χ1n) is 6.34. The van der Waals surface area contributed by atoms with Crippen molar-refractivity contribution in [2.24, 2.45) is 0 Å². The fourth-order valence-electron chi connectivity index (χ4n) is 1.52. The van der Waals surface area contributed by atoms with Gasteiger partial charge < -0.3 is 15.4 Å². The van der Waals surface area contributed by atoms with Crippen LogP contribution in [0.15, 0.2) is 24.3 Å². The average Bonchev–Trinajstić information content (AvgIpc) is 2.47. The predicted octanol–water partition coefficient (Wildman–Crippen LogP) is 0.614. The minimum Gasteiger partial charge on any atom is -0.474 e. The van der Waals surface area contributed by atoms with Crippen molar-refractivity contribution in [2.75, 3.05) is 13.6 Å². The maximum Gasteiger partial charge on any atom is 0.310 e. The number of carbonyl (C=O) groups is 2. The smallest absolute Gasteiger partial charge is 0.310 e. The third-order valence-corrected chi connectivity index (χ3v) is 2.67. The van der Waals surface area contributed by atoms with E-state index in [1.165, 1.54) is 32.2 Å². The minimum atomic E-state index is -0.907. The number of benzene rings is 1. The molecule has 8 heteroatoms. The molecule has 2 amide bonds. The van der Waals surface area contributed by atoms with E-state index in [4.69, 9.17) is 4.74 Å². The van der Waals surface area contributed by atoms with E-state index in [9.17, 15) is 19.7 Å². The van der Waals surface area contributed by atoms with Crippen molar-refractivity contribution >= 4 is 17.5 Å². The predicted molar refractivity (Wildman–Crippen MR) is 74.9 cm³/mol. The zero-order chi connectivity index (χ0) is 15.8. The lowest BCUT2D eigenvalue weighted by Crippen LogP contribution is -2.38. The van der Waals surface area contributed by atoms with Crippen molar-refractivity contribution in [3.8, 4) is 5.75 Å². The Hall–Kier alpha value is -2.64. The average molecular weight is 295 g/mol. The van der Waals surface area contributed by atoms with Crippen LogP contribution in [0.25, 0.3) is 0 Å². The molecule has 0 saturated heterocycles. The second-order valence-electron chi connectivity index (χ2n) is 4.20. The number of carbonyl (C=O) groups excluding carboxylic acids is 2. The highest BCUT2D eigenvalue weighted by atomic mass is 16.6. The normalized spacial score (nSPS) is 11.3. The van der Waals surface area contributed by atoms with Crippen LogP contribution in [0.3, 0.4) is 0 Å². The number of para-hydroxylation sites is 2. The number of nitro groups is 1. The van der Waals surface area contributed by atoms with E-state index in [0.29, 0.717) is 0 Å². The first-order chi connectivity index (χ1) is 9.95. The topological polar surface area (TPSA) is 111 Å². The highest BCUT2D eigenvalue weighted by molar-refractivity contribution is 5.82. The van der Waals surface area contributed by atoms with Crippen LogP contribution in [0.5, 0.6) is 5.75 Å². The number of amides is 2.